The molecule has 1 aromatic heterocycles. The maximum Gasteiger partial charge on any atom is 0.0372 e. The van der Waals surface area contributed by atoms with Gasteiger partial charge in [-0.25, -0.2) is 0 Å². The molecule has 0 aliphatic carbocycles. The van der Waals surface area contributed by atoms with Gasteiger partial charge in [-0.3, -0.25) is 9.88 Å². The Hall–Kier alpha value is -0.930. The molecule has 1 aliphatic rings. The monoisotopic (exact) mass is 219 g/mol. The van der Waals surface area contributed by atoms with Gasteiger partial charge in [0.1, 0.15) is 0 Å². The Morgan fingerprint density at radius 1 is 1.44 bits per heavy atom. The van der Waals surface area contributed by atoms with Crippen molar-refractivity contribution in [2.45, 2.75) is 39.4 Å². The van der Waals surface area contributed by atoms with E-state index in [1.807, 2.05) is 13.1 Å². The van der Waals surface area contributed by atoms with Crippen molar-refractivity contribution in [3.05, 3.63) is 29.6 Å². The average molecular weight is 219 g/mol. The highest BCUT2D eigenvalue weighted by Gasteiger charge is 2.21. The molecule has 3 nitrogen and oxygen atoms in total. The first-order valence-electron chi connectivity index (χ1n) is 6.04. The average Bonchev–Trinajstić information content (AvgIpc) is 2.27. The van der Waals surface area contributed by atoms with Crippen LogP contribution in [-0.4, -0.2) is 35.1 Å². The second kappa shape index (κ2) is 4.93. The van der Waals surface area contributed by atoms with Gasteiger partial charge in [0.15, 0.2) is 0 Å². The number of nitrogens with zero attached hydrogens (tertiary/aromatic N) is 2. The van der Waals surface area contributed by atoms with Crippen molar-refractivity contribution in [2.24, 2.45) is 0 Å². The molecule has 0 spiro atoms. The summed E-state index contributed by atoms with van der Waals surface area (Å²) < 4.78 is 0. The Labute approximate surface area is 97.9 Å². The van der Waals surface area contributed by atoms with Gasteiger partial charge in [-0.05, 0) is 32.4 Å². The molecular formula is C13H21N3. The zero-order chi connectivity index (χ0) is 11.5. The summed E-state index contributed by atoms with van der Waals surface area (Å²) in [5, 5.41) is 3.50. The molecule has 2 atom stereocenters. The summed E-state index contributed by atoms with van der Waals surface area (Å²) in [4.78, 5) is 6.87. The molecule has 0 radical (unpaired) electrons. The second-order valence-electron chi connectivity index (χ2n) is 4.90. The Kier molecular flexibility index (Phi) is 3.56. The molecule has 0 saturated carbocycles. The van der Waals surface area contributed by atoms with Gasteiger partial charge in [0.2, 0.25) is 0 Å². The minimum Gasteiger partial charge on any atom is -0.311 e. The molecule has 1 fully saturated rings. The fourth-order valence-corrected chi connectivity index (χ4v) is 2.14. The van der Waals surface area contributed by atoms with E-state index in [1.54, 1.807) is 0 Å². The van der Waals surface area contributed by atoms with Gasteiger partial charge in [0, 0.05) is 43.6 Å². The molecule has 3 heteroatoms. The largest absolute Gasteiger partial charge is 0.311 e. The van der Waals surface area contributed by atoms with E-state index in [4.69, 9.17) is 0 Å². The highest BCUT2D eigenvalue weighted by atomic mass is 15.2. The van der Waals surface area contributed by atoms with Gasteiger partial charge in [-0.2, -0.15) is 0 Å². The van der Waals surface area contributed by atoms with Gasteiger partial charge < -0.3 is 5.32 Å². The first-order valence-corrected chi connectivity index (χ1v) is 6.04. The molecule has 1 aromatic rings. The lowest BCUT2D eigenvalue weighted by atomic mass is 10.1. The van der Waals surface area contributed by atoms with Crippen LogP contribution in [0.5, 0.6) is 0 Å². The lowest BCUT2D eigenvalue weighted by Gasteiger charge is -2.37. The van der Waals surface area contributed by atoms with Crippen LogP contribution in [-0.2, 0) is 6.54 Å². The third kappa shape index (κ3) is 2.80. The Morgan fingerprint density at radius 3 is 2.94 bits per heavy atom. The van der Waals surface area contributed by atoms with Crippen LogP contribution in [0.1, 0.15) is 25.1 Å². The smallest absolute Gasteiger partial charge is 0.0372 e. The van der Waals surface area contributed by atoms with Crippen molar-refractivity contribution >= 4 is 0 Å². The molecule has 1 N–H and O–H groups in total. The number of aryl methyl sites for hydroxylation is 1. The Morgan fingerprint density at radius 2 is 2.25 bits per heavy atom. The van der Waals surface area contributed by atoms with Crippen LogP contribution in [0.25, 0.3) is 0 Å². The van der Waals surface area contributed by atoms with E-state index in [1.165, 1.54) is 5.56 Å². The fourth-order valence-electron chi connectivity index (χ4n) is 2.14. The van der Waals surface area contributed by atoms with Crippen LogP contribution >= 0.6 is 0 Å². The van der Waals surface area contributed by atoms with E-state index in [0.29, 0.717) is 12.1 Å². The third-order valence-electron chi connectivity index (χ3n) is 3.25. The highest BCUT2D eigenvalue weighted by molar-refractivity contribution is 5.13. The van der Waals surface area contributed by atoms with Crippen LogP contribution in [0.3, 0.4) is 0 Å². The highest BCUT2D eigenvalue weighted by Crippen LogP contribution is 2.11. The van der Waals surface area contributed by atoms with E-state index in [9.17, 15) is 0 Å². The summed E-state index contributed by atoms with van der Waals surface area (Å²) in [6, 6.07) is 5.47. The summed E-state index contributed by atoms with van der Waals surface area (Å²) in [6.45, 7) is 9.77. The predicted octanol–water partition coefficient (Wildman–Crippen LogP) is 1.57. The number of piperazine rings is 1. The number of nitrogens with one attached hydrogen (secondary N) is 1. The minimum absolute atomic E-state index is 0.592. The van der Waals surface area contributed by atoms with E-state index in [0.717, 1.165) is 25.3 Å². The molecule has 1 saturated heterocycles. The normalized spacial score (nSPS) is 26.9. The van der Waals surface area contributed by atoms with Crippen molar-refractivity contribution in [1.29, 1.82) is 0 Å². The van der Waals surface area contributed by atoms with Gasteiger partial charge >= 0.3 is 0 Å². The van der Waals surface area contributed by atoms with Crippen LogP contribution < -0.4 is 5.32 Å². The predicted molar refractivity (Wildman–Crippen MR) is 66.3 cm³/mol. The van der Waals surface area contributed by atoms with E-state index in [2.05, 4.69) is 41.2 Å². The van der Waals surface area contributed by atoms with Gasteiger partial charge in [0.05, 0.1) is 0 Å². The summed E-state index contributed by atoms with van der Waals surface area (Å²) >= 11 is 0. The van der Waals surface area contributed by atoms with Crippen molar-refractivity contribution in [3.63, 3.8) is 0 Å². The fraction of sp³-hybridized carbons (Fsp3) is 0.615. The van der Waals surface area contributed by atoms with E-state index < -0.39 is 0 Å². The quantitative estimate of drug-likeness (QED) is 0.818. The van der Waals surface area contributed by atoms with Crippen LogP contribution in [0, 0.1) is 6.92 Å². The maximum absolute atomic E-state index is 4.35. The summed E-state index contributed by atoms with van der Waals surface area (Å²) in [5.74, 6) is 0. The number of hydrogen-bond donors (Lipinski definition) is 1. The number of pyridine rings is 1. The minimum atomic E-state index is 0.592. The standard InChI is InChI=1S/C13H21N3/c1-10-4-5-13(7-15-10)9-16-8-11(2)14-6-12(16)3/h4-5,7,11-12,14H,6,8-9H2,1-3H3. The zero-order valence-electron chi connectivity index (χ0n) is 10.4. The van der Waals surface area contributed by atoms with Crippen LogP contribution in [0.15, 0.2) is 18.3 Å². The summed E-state index contributed by atoms with van der Waals surface area (Å²) in [6.07, 6.45) is 1.99. The zero-order valence-corrected chi connectivity index (χ0v) is 10.4. The molecule has 0 bridgehead atoms. The first-order chi connectivity index (χ1) is 7.65. The topological polar surface area (TPSA) is 28.2 Å². The summed E-state index contributed by atoms with van der Waals surface area (Å²) in [5.41, 5.74) is 2.40. The van der Waals surface area contributed by atoms with Crippen LogP contribution in [0.2, 0.25) is 0 Å². The number of hydrogen-bond acceptors (Lipinski definition) is 3. The van der Waals surface area contributed by atoms with Crippen molar-refractivity contribution in [1.82, 2.24) is 15.2 Å². The molecule has 16 heavy (non-hydrogen) atoms. The molecule has 2 heterocycles. The van der Waals surface area contributed by atoms with Crippen molar-refractivity contribution < 1.29 is 0 Å². The van der Waals surface area contributed by atoms with Gasteiger partial charge in [0.25, 0.3) is 0 Å². The molecule has 0 aromatic carbocycles. The molecule has 0 amide bonds. The lowest BCUT2D eigenvalue weighted by Crippen LogP contribution is -2.53. The second-order valence-corrected chi connectivity index (χ2v) is 4.90. The molecule has 2 unspecified atom stereocenters. The molecule has 2 rings (SSSR count). The number of aromatic nitrogens is 1. The third-order valence-corrected chi connectivity index (χ3v) is 3.25. The Bertz CT molecular complexity index is 334. The van der Waals surface area contributed by atoms with Crippen molar-refractivity contribution in [2.75, 3.05) is 13.1 Å². The molecule has 1 aliphatic heterocycles. The van der Waals surface area contributed by atoms with Crippen LogP contribution in [0.4, 0.5) is 0 Å². The first kappa shape index (κ1) is 11.6. The van der Waals surface area contributed by atoms with Gasteiger partial charge in [-0.15, -0.1) is 0 Å². The maximum atomic E-state index is 4.35. The van der Waals surface area contributed by atoms with Gasteiger partial charge in [-0.1, -0.05) is 6.07 Å². The van der Waals surface area contributed by atoms with E-state index in [-0.39, 0.29) is 0 Å². The van der Waals surface area contributed by atoms with Crippen molar-refractivity contribution in [3.8, 4) is 0 Å². The van der Waals surface area contributed by atoms with E-state index >= 15 is 0 Å². The SMILES string of the molecule is Cc1ccc(CN2CC(C)NCC2C)cn1. The molecule has 88 valence electrons. The summed E-state index contributed by atoms with van der Waals surface area (Å²) in [7, 11) is 0. The Balaban J connectivity index is 2.00. The molecular weight excluding hydrogens is 198 g/mol. The lowest BCUT2D eigenvalue weighted by molar-refractivity contribution is 0.138. The number of rotatable bonds is 2.